The van der Waals surface area contributed by atoms with Crippen molar-refractivity contribution < 1.29 is 0 Å². The van der Waals surface area contributed by atoms with E-state index in [1.54, 1.807) is 11.5 Å². The zero-order chi connectivity index (χ0) is 13.1. The van der Waals surface area contributed by atoms with Gasteiger partial charge < -0.3 is 0 Å². The van der Waals surface area contributed by atoms with E-state index in [4.69, 9.17) is 11.6 Å². The second kappa shape index (κ2) is 5.36. The first-order valence-electron chi connectivity index (χ1n) is 5.92. The van der Waals surface area contributed by atoms with E-state index < -0.39 is 0 Å². The number of rotatable bonds is 3. The summed E-state index contributed by atoms with van der Waals surface area (Å²) in [5, 5.41) is 0.245. The van der Waals surface area contributed by atoms with Crippen LogP contribution in [0.1, 0.15) is 23.9 Å². The molecule has 0 atom stereocenters. The lowest BCUT2D eigenvalue weighted by atomic mass is 10.1. The fraction of sp³-hybridized carbons (Fsp3) is 0.286. The van der Waals surface area contributed by atoms with Crippen molar-refractivity contribution in [3.63, 3.8) is 0 Å². The van der Waals surface area contributed by atoms with Gasteiger partial charge in [0.1, 0.15) is 11.0 Å². The van der Waals surface area contributed by atoms with Crippen molar-refractivity contribution in [1.29, 1.82) is 0 Å². The van der Waals surface area contributed by atoms with Gasteiger partial charge >= 0.3 is 0 Å². The van der Waals surface area contributed by atoms with Crippen LogP contribution in [0.3, 0.4) is 0 Å². The van der Waals surface area contributed by atoms with Gasteiger partial charge in [-0.1, -0.05) is 42.8 Å². The Morgan fingerprint density at radius 1 is 1.22 bits per heavy atom. The first kappa shape index (κ1) is 12.8. The fourth-order valence-electron chi connectivity index (χ4n) is 1.84. The van der Waals surface area contributed by atoms with Gasteiger partial charge in [-0.15, -0.1) is 0 Å². The number of aromatic nitrogens is 2. The van der Waals surface area contributed by atoms with Gasteiger partial charge in [-0.25, -0.2) is 4.98 Å². The van der Waals surface area contributed by atoms with Gasteiger partial charge in [0.05, 0.1) is 6.54 Å². The van der Waals surface area contributed by atoms with Crippen molar-refractivity contribution in [2.75, 3.05) is 0 Å². The Kier molecular flexibility index (Phi) is 3.82. The maximum atomic E-state index is 11.8. The van der Waals surface area contributed by atoms with Crippen molar-refractivity contribution in [3.8, 4) is 0 Å². The maximum absolute atomic E-state index is 11.8. The van der Waals surface area contributed by atoms with E-state index in [9.17, 15) is 4.79 Å². The van der Waals surface area contributed by atoms with Crippen molar-refractivity contribution in [2.45, 2.75) is 26.8 Å². The first-order chi connectivity index (χ1) is 8.60. The predicted octanol–water partition coefficient (Wildman–Crippen LogP) is 2.82. The Bertz CT molecular complexity index is 602. The standard InChI is InChI=1S/C14H15ClN2O/c1-3-11-4-6-12(7-5-11)9-17-10(2)16-13(15)8-14(17)18/h4-8H,3,9H2,1-2H3. The molecular formula is C14H15ClN2O. The molecule has 1 heterocycles. The quantitative estimate of drug-likeness (QED) is 0.798. The Morgan fingerprint density at radius 2 is 1.83 bits per heavy atom. The van der Waals surface area contributed by atoms with Crippen molar-refractivity contribution in [3.05, 3.63) is 62.8 Å². The lowest BCUT2D eigenvalue weighted by Gasteiger charge is -2.09. The Hall–Kier alpha value is -1.61. The van der Waals surface area contributed by atoms with E-state index in [0.717, 1.165) is 12.0 Å². The highest BCUT2D eigenvalue weighted by molar-refractivity contribution is 6.29. The summed E-state index contributed by atoms with van der Waals surface area (Å²) < 4.78 is 1.62. The van der Waals surface area contributed by atoms with Crippen LogP contribution in [0.15, 0.2) is 35.1 Å². The highest BCUT2D eigenvalue weighted by Crippen LogP contribution is 2.08. The zero-order valence-corrected chi connectivity index (χ0v) is 11.2. The molecule has 0 aliphatic heterocycles. The summed E-state index contributed by atoms with van der Waals surface area (Å²) in [5.41, 5.74) is 2.26. The van der Waals surface area contributed by atoms with Gasteiger partial charge in [0.25, 0.3) is 5.56 Å². The second-order valence-corrected chi connectivity index (χ2v) is 4.61. The van der Waals surface area contributed by atoms with Gasteiger partial charge in [0.2, 0.25) is 0 Å². The molecule has 0 aliphatic rings. The maximum Gasteiger partial charge on any atom is 0.255 e. The van der Waals surface area contributed by atoms with E-state index in [0.29, 0.717) is 12.4 Å². The topological polar surface area (TPSA) is 34.9 Å². The minimum atomic E-state index is -0.118. The van der Waals surface area contributed by atoms with Crippen LogP contribution < -0.4 is 5.56 Å². The summed E-state index contributed by atoms with van der Waals surface area (Å²) in [6.45, 7) is 4.43. The summed E-state index contributed by atoms with van der Waals surface area (Å²) >= 11 is 5.74. The summed E-state index contributed by atoms with van der Waals surface area (Å²) in [4.78, 5) is 15.9. The van der Waals surface area contributed by atoms with E-state index in [1.807, 2.05) is 12.1 Å². The molecule has 0 radical (unpaired) electrons. The average Bonchev–Trinajstić information content (AvgIpc) is 2.34. The molecule has 0 saturated heterocycles. The largest absolute Gasteiger partial charge is 0.292 e. The molecule has 3 nitrogen and oxygen atoms in total. The van der Waals surface area contributed by atoms with Crippen LogP contribution >= 0.6 is 11.6 Å². The van der Waals surface area contributed by atoms with E-state index in [-0.39, 0.29) is 10.7 Å². The van der Waals surface area contributed by atoms with Gasteiger partial charge in [0.15, 0.2) is 0 Å². The molecule has 0 spiro atoms. The van der Waals surface area contributed by atoms with Crippen LogP contribution in [0.2, 0.25) is 5.15 Å². The van der Waals surface area contributed by atoms with E-state index in [2.05, 4.69) is 24.0 Å². The molecule has 1 aromatic heterocycles. The van der Waals surface area contributed by atoms with Crippen molar-refractivity contribution in [1.82, 2.24) is 9.55 Å². The number of benzene rings is 1. The van der Waals surface area contributed by atoms with Gasteiger partial charge in [-0.05, 0) is 24.5 Å². The fourth-order valence-corrected chi connectivity index (χ4v) is 2.06. The number of nitrogens with zero attached hydrogens (tertiary/aromatic N) is 2. The van der Waals surface area contributed by atoms with Gasteiger partial charge in [-0.2, -0.15) is 0 Å². The summed E-state index contributed by atoms with van der Waals surface area (Å²) in [7, 11) is 0. The molecular weight excluding hydrogens is 248 g/mol. The molecule has 0 amide bonds. The molecule has 1 aromatic carbocycles. The number of halogens is 1. The molecule has 0 N–H and O–H groups in total. The Balaban J connectivity index is 2.31. The highest BCUT2D eigenvalue weighted by atomic mass is 35.5. The molecule has 18 heavy (non-hydrogen) atoms. The molecule has 0 bridgehead atoms. The van der Waals surface area contributed by atoms with Crippen molar-refractivity contribution in [2.24, 2.45) is 0 Å². The van der Waals surface area contributed by atoms with E-state index in [1.165, 1.54) is 11.6 Å². The van der Waals surface area contributed by atoms with Crippen LogP contribution in [0.4, 0.5) is 0 Å². The molecule has 0 aliphatic carbocycles. The lowest BCUT2D eigenvalue weighted by Crippen LogP contribution is -2.23. The molecule has 2 rings (SSSR count). The molecule has 0 fully saturated rings. The minimum absolute atomic E-state index is 0.118. The Labute approximate surface area is 111 Å². The molecule has 2 aromatic rings. The van der Waals surface area contributed by atoms with Crippen molar-refractivity contribution >= 4 is 11.6 Å². The third-order valence-corrected chi connectivity index (χ3v) is 3.13. The third kappa shape index (κ3) is 2.79. The summed E-state index contributed by atoms with van der Waals surface area (Å²) in [6, 6.07) is 9.59. The number of aryl methyl sites for hydroxylation is 2. The zero-order valence-electron chi connectivity index (χ0n) is 10.5. The molecule has 4 heteroatoms. The number of hydrogen-bond donors (Lipinski definition) is 0. The second-order valence-electron chi connectivity index (χ2n) is 4.22. The predicted molar refractivity (Wildman–Crippen MR) is 73.2 cm³/mol. The highest BCUT2D eigenvalue weighted by Gasteiger charge is 2.04. The lowest BCUT2D eigenvalue weighted by molar-refractivity contribution is 0.700. The van der Waals surface area contributed by atoms with Gasteiger partial charge in [0, 0.05) is 6.07 Å². The first-order valence-corrected chi connectivity index (χ1v) is 6.29. The van der Waals surface area contributed by atoms with Crippen LogP contribution in [0, 0.1) is 6.92 Å². The normalized spacial score (nSPS) is 10.6. The van der Waals surface area contributed by atoms with Crippen LogP contribution in [-0.4, -0.2) is 9.55 Å². The number of hydrogen-bond acceptors (Lipinski definition) is 2. The monoisotopic (exact) mass is 262 g/mol. The van der Waals surface area contributed by atoms with Crippen LogP contribution in [-0.2, 0) is 13.0 Å². The average molecular weight is 263 g/mol. The van der Waals surface area contributed by atoms with Crippen LogP contribution in [0.25, 0.3) is 0 Å². The van der Waals surface area contributed by atoms with E-state index >= 15 is 0 Å². The molecule has 94 valence electrons. The summed E-state index contributed by atoms with van der Waals surface area (Å²) in [6.07, 6.45) is 1.02. The third-order valence-electron chi connectivity index (χ3n) is 2.94. The Morgan fingerprint density at radius 3 is 2.39 bits per heavy atom. The smallest absolute Gasteiger partial charge is 0.255 e. The minimum Gasteiger partial charge on any atom is -0.292 e. The summed E-state index contributed by atoms with van der Waals surface area (Å²) in [5.74, 6) is 0.632. The molecule has 0 saturated carbocycles. The molecule has 0 unspecified atom stereocenters. The van der Waals surface area contributed by atoms with Gasteiger partial charge in [-0.3, -0.25) is 9.36 Å². The van der Waals surface area contributed by atoms with Crippen LogP contribution in [0.5, 0.6) is 0 Å². The SMILES string of the molecule is CCc1ccc(Cn2c(C)nc(Cl)cc2=O)cc1.